The van der Waals surface area contributed by atoms with Crippen LogP contribution in [0.25, 0.3) is 6.08 Å². The van der Waals surface area contributed by atoms with Crippen molar-refractivity contribution in [1.82, 2.24) is 10.0 Å². The predicted molar refractivity (Wildman–Crippen MR) is 100 cm³/mol. The standard InChI is InChI=1S/C18H23N3O5S/c1-14(2)18(3,13-19)21-16(22)12-26-17(23)11-20-27(24,25)10-9-15-7-5-4-6-8-15/h4-10,14,20H,11-12H2,1-3H3,(H,21,22)/b10-9+/t18-/m0/s1. The quantitative estimate of drug-likeness (QED) is 0.607. The first-order valence-corrected chi connectivity index (χ1v) is 9.73. The molecule has 0 fully saturated rings. The molecule has 0 heterocycles. The van der Waals surface area contributed by atoms with Crippen molar-refractivity contribution in [1.29, 1.82) is 5.26 Å². The highest BCUT2D eigenvalue weighted by atomic mass is 32.2. The van der Waals surface area contributed by atoms with Crippen LogP contribution in [-0.4, -0.2) is 39.0 Å². The van der Waals surface area contributed by atoms with Crippen LogP contribution in [0.15, 0.2) is 35.7 Å². The number of nitrogens with one attached hydrogen (secondary N) is 2. The summed E-state index contributed by atoms with van der Waals surface area (Å²) in [6, 6.07) is 10.8. The summed E-state index contributed by atoms with van der Waals surface area (Å²) in [4.78, 5) is 23.4. The predicted octanol–water partition coefficient (Wildman–Crippen LogP) is 1.17. The Kier molecular flexibility index (Phi) is 8.15. The molecule has 1 atom stereocenters. The summed E-state index contributed by atoms with van der Waals surface area (Å²) < 4.78 is 30.4. The van der Waals surface area contributed by atoms with E-state index in [0.717, 1.165) is 5.41 Å². The number of esters is 1. The normalized spacial score (nSPS) is 13.7. The molecule has 146 valence electrons. The third-order valence-corrected chi connectivity index (χ3v) is 4.85. The van der Waals surface area contributed by atoms with Gasteiger partial charge < -0.3 is 10.1 Å². The first kappa shape index (κ1) is 22.3. The minimum absolute atomic E-state index is 0.148. The summed E-state index contributed by atoms with van der Waals surface area (Å²) in [5.74, 6) is -1.71. The van der Waals surface area contributed by atoms with Crippen molar-refractivity contribution >= 4 is 28.0 Å². The van der Waals surface area contributed by atoms with Crippen molar-refractivity contribution in [3.05, 3.63) is 41.3 Å². The van der Waals surface area contributed by atoms with E-state index in [1.807, 2.05) is 6.07 Å². The molecule has 0 spiro atoms. The van der Waals surface area contributed by atoms with Crippen LogP contribution in [0.5, 0.6) is 0 Å². The molecular weight excluding hydrogens is 370 g/mol. The highest BCUT2D eigenvalue weighted by Crippen LogP contribution is 2.14. The lowest BCUT2D eigenvalue weighted by atomic mass is 9.90. The number of carbonyl (C=O) groups excluding carboxylic acids is 2. The number of ether oxygens (including phenoxy) is 1. The number of hydrogen-bond donors (Lipinski definition) is 2. The van der Waals surface area contributed by atoms with Gasteiger partial charge in [-0.25, -0.2) is 13.1 Å². The lowest BCUT2D eigenvalue weighted by Crippen LogP contribution is -2.50. The third kappa shape index (κ3) is 8.02. The van der Waals surface area contributed by atoms with Gasteiger partial charge in [-0.15, -0.1) is 0 Å². The topological polar surface area (TPSA) is 125 Å². The van der Waals surface area contributed by atoms with Crippen LogP contribution in [0.2, 0.25) is 0 Å². The average molecular weight is 393 g/mol. The van der Waals surface area contributed by atoms with Crippen LogP contribution in [0.3, 0.4) is 0 Å². The maximum absolute atomic E-state index is 11.8. The molecule has 8 nitrogen and oxygen atoms in total. The molecule has 0 aliphatic rings. The lowest BCUT2D eigenvalue weighted by Gasteiger charge is -2.27. The third-order valence-electron chi connectivity index (χ3n) is 3.81. The summed E-state index contributed by atoms with van der Waals surface area (Å²) >= 11 is 0. The van der Waals surface area contributed by atoms with Crippen molar-refractivity contribution in [2.24, 2.45) is 5.92 Å². The van der Waals surface area contributed by atoms with Gasteiger partial charge in [0.25, 0.3) is 5.91 Å². The van der Waals surface area contributed by atoms with E-state index in [-0.39, 0.29) is 5.92 Å². The van der Waals surface area contributed by atoms with Crippen LogP contribution in [0.4, 0.5) is 0 Å². The second-order valence-electron chi connectivity index (χ2n) is 6.26. The summed E-state index contributed by atoms with van der Waals surface area (Å²) in [6.07, 6.45) is 1.38. The first-order chi connectivity index (χ1) is 12.6. The lowest BCUT2D eigenvalue weighted by molar-refractivity contribution is -0.147. The zero-order valence-electron chi connectivity index (χ0n) is 15.4. The number of rotatable bonds is 9. The zero-order chi connectivity index (χ0) is 20.5. The van der Waals surface area contributed by atoms with E-state index in [0.29, 0.717) is 5.56 Å². The van der Waals surface area contributed by atoms with Gasteiger partial charge in [-0.3, -0.25) is 9.59 Å². The Morgan fingerprint density at radius 3 is 2.48 bits per heavy atom. The largest absolute Gasteiger partial charge is 0.455 e. The summed E-state index contributed by atoms with van der Waals surface area (Å²) in [5.41, 5.74) is -0.402. The molecule has 2 N–H and O–H groups in total. The van der Waals surface area contributed by atoms with Gasteiger partial charge in [0.1, 0.15) is 12.1 Å². The SMILES string of the molecule is CC(C)[C@](C)(C#N)NC(=O)COC(=O)CNS(=O)(=O)/C=C/c1ccccc1. The van der Waals surface area contributed by atoms with Crippen LogP contribution < -0.4 is 10.0 Å². The highest BCUT2D eigenvalue weighted by Gasteiger charge is 2.30. The molecule has 0 saturated carbocycles. The highest BCUT2D eigenvalue weighted by molar-refractivity contribution is 7.92. The molecule has 1 aromatic rings. The molecule has 0 aliphatic carbocycles. The number of carbonyl (C=O) groups is 2. The van der Waals surface area contributed by atoms with E-state index in [1.165, 1.54) is 6.08 Å². The molecule has 0 saturated heterocycles. The molecule has 27 heavy (non-hydrogen) atoms. The Balaban J connectivity index is 2.45. The fraction of sp³-hybridized carbons (Fsp3) is 0.389. The maximum Gasteiger partial charge on any atom is 0.321 e. The minimum Gasteiger partial charge on any atom is -0.455 e. The monoisotopic (exact) mass is 393 g/mol. The van der Waals surface area contributed by atoms with E-state index in [2.05, 4.69) is 10.0 Å². The van der Waals surface area contributed by atoms with E-state index in [4.69, 9.17) is 10.00 Å². The van der Waals surface area contributed by atoms with E-state index >= 15 is 0 Å². The fourth-order valence-corrected chi connectivity index (χ4v) is 2.52. The van der Waals surface area contributed by atoms with Gasteiger partial charge in [-0.05, 0) is 24.5 Å². The van der Waals surface area contributed by atoms with E-state index < -0.39 is 40.6 Å². The smallest absolute Gasteiger partial charge is 0.321 e. The summed E-state index contributed by atoms with van der Waals surface area (Å²) in [5, 5.41) is 12.5. The summed E-state index contributed by atoms with van der Waals surface area (Å²) in [7, 11) is -3.83. The van der Waals surface area contributed by atoms with Crippen LogP contribution >= 0.6 is 0 Å². The number of hydrogen-bond acceptors (Lipinski definition) is 6. The van der Waals surface area contributed by atoms with Gasteiger partial charge in [0.15, 0.2) is 6.61 Å². The van der Waals surface area contributed by atoms with Gasteiger partial charge in [0.2, 0.25) is 10.0 Å². The Morgan fingerprint density at radius 1 is 1.30 bits per heavy atom. The molecule has 1 rings (SSSR count). The molecule has 0 aliphatic heterocycles. The molecule has 1 aromatic carbocycles. The molecule has 9 heteroatoms. The van der Waals surface area contributed by atoms with Crippen molar-refractivity contribution in [2.45, 2.75) is 26.3 Å². The second-order valence-corrected chi connectivity index (χ2v) is 7.91. The van der Waals surface area contributed by atoms with Crippen molar-refractivity contribution in [2.75, 3.05) is 13.2 Å². The molecule has 0 radical (unpaired) electrons. The molecular formula is C18H23N3O5S. The van der Waals surface area contributed by atoms with Gasteiger partial charge >= 0.3 is 5.97 Å². The van der Waals surface area contributed by atoms with E-state index in [9.17, 15) is 18.0 Å². The van der Waals surface area contributed by atoms with Gasteiger partial charge in [-0.2, -0.15) is 5.26 Å². The maximum atomic E-state index is 11.8. The van der Waals surface area contributed by atoms with Gasteiger partial charge in [0.05, 0.1) is 6.07 Å². The van der Waals surface area contributed by atoms with Crippen LogP contribution in [0, 0.1) is 17.2 Å². The first-order valence-electron chi connectivity index (χ1n) is 8.18. The van der Waals surface area contributed by atoms with Gasteiger partial charge in [-0.1, -0.05) is 44.2 Å². The summed E-state index contributed by atoms with van der Waals surface area (Å²) in [6.45, 7) is 3.88. The fourth-order valence-electron chi connectivity index (χ4n) is 1.76. The van der Waals surface area contributed by atoms with Crippen molar-refractivity contribution in [3.63, 3.8) is 0 Å². The zero-order valence-corrected chi connectivity index (χ0v) is 16.2. The Morgan fingerprint density at radius 2 is 1.93 bits per heavy atom. The molecule has 0 unspecified atom stereocenters. The van der Waals surface area contributed by atoms with Gasteiger partial charge in [0, 0.05) is 5.41 Å². The number of nitrogens with zero attached hydrogens (tertiary/aromatic N) is 1. The van der Waals surface area contributed by atoms with Crippen molar-refractivity contribution < 1.29 is 22.7 Å². The number of amides is 1. The Labute approximate surface area is 159 Å². The number of benzene rings is 1. The Bertz CT molecular complexity index is 828. The number of sulfonamides is 1. The van der Waals surface area contributed by atoms with E-state index in [1.54, 1.807) is 51.1 Å². The molecule has 1 amide bonds. The van der Waals surface area contributed by atoms with Crippen molar-refractivity contribution in [3.8, 4) is 6.07 Å². The number of nitriles is 1. The molecule has 0 aromatic heterocycles. The van der Waals surface area contributed by atoms with Crippen LogP contribution in [-0.2, 0) is 24.3 Å². The minimum atomic E-state index is -3.83. The van der Waals surface area contributed by atoms with Crippen LogP contribution in [0.1, 0.15) is 26.3 Å². The Hall–Kier alpha value is -2.70. The second kappa shape index (κ2) is 9.85. The average Bonchev–Trinajstić information content (AvgIpc) is 2.64. The molecule has 0 bridgehead atoms.